The molecule has 1 saturated carbocycles. The van der Waals surface area contributed by atoms with E-state index in [1.165, 1.54) is 6.42 Å². The molecule has 0 saturated heterocycles. The third kappa shape index (κ3) is 5.92. The first kappa shape index (κ1) is 19.0. The van der Waals surface area contributed by atoms with E-state index in [-0.39, 0.29) is 13.2 Å². The van der Waals surface area contributed by atoms with Crippen molar-refractivity contribution in [3.8, 4) is 12.3 Å². The molecule has 0 aromatic heterocycles. The summed E-state index contributed by atoms with van der Waals surface area (Å²) in [4.78, 5) is 2.03. The summed E-state index contributed by atoms with van der Waals surface area (Å²) in [7, 11) is 0. The molecule has 24 heavy (non-hydrogen) atoms. The van der Waals surface area contributed by atoms with Crippen LogP contribution in [-0.4, -0.2) is 53.1 Å². The molecular formula is C20H29NO3. The molecule has 1 aromatic carbocycles. The van der Waals surface area contributed by atoms with Gasteiger partial charge in [0.25, 0.3) is 0 Å². The van der Waals surface area contributed by atoms with Crippen LogP contribution >= 0.6 is 0 Å². The monoisotopic (exact) mass is 331 g/mol. The van der Waals surface area contributed by atoms with Crippen molar-refractivity contribution in [3.05, 3.63) is 35.9 Å². The summed E-state index contributed by atoms with van der Waals surface area (Å²) in [6.45, 7) is 1.97. The lowest BCUT2D eigenvalue weighted by molar-refractivity contribution is -0.0706. The molecule has 0 amide bonds. The van der Waals surface area contributed by atoms with Crippen LogP contribution < -0.4 is 0 Å². The van der Waals surface area contributed by atoms with E-state index >= 15 is 0 Å². The highest BCUT2D eigenvalue weighted by Gasteiger charge is 2.31. The van der Waals surface area contributed by atoms with Crippen molar-refractivity contribution >= 4 is 0 Å². The highest BCUT2D eigenvalue weighted by Crippen LogP contribution is 2.31. The smallest absolute Gasteiger partial charge is 0.128 e. The molecule has 4 nitrogen and oxygen atoms in total. The quantitative estimate of drug-likeness (QED) is 0.681. The van der Waals surface area contributed by atoms with Crippen LogP contribution in [0.2, 0.25) is 0 Å². The van der Waals surface area contributed by atoms with Gasteiger partial charge in [0.15, 0.2) is 0 Å². The van der Waals surface area contributed by atoms with E-state index in [1.807, 2.05) is 35.2 Å². The van der Waals surface area contributed by atoms with Crippen LogP contribution in [0.25, 0.3) is 0 Å². The molecule has 1 aliphatic carbocycles. The lowest BCUT2D eigenvalue weighted by Gasteiger charge is -2.34. The zero-order valence-corrected chi connectivity index (χ0v) is 14.4. The Balaban J connectivity index is 1.83. The normalized spacial score (nSPS) is 18.2. The Kier molecular flexibility index (Phi) is 7.74. The van der Waals surface area contributed by atoms with Crippen molar-refractivity contribution in [3.63, 3.8) is 0 Å². The van der Waals surface area contributed by atoms with Gasteiger partial charge in [0.05, 0.1) is 19.3 Å². The minimum Gasteiger partial charge on any atom is -0.395 e. The van der Waals surface area contributed by atoms with Gasteiger partial charge in [-0.3, -0.25) is 4.90 Å². The van der Waals surface area contributed by atoms with Gasteiger partial charge in [0, 0.05) is 19.6 Å². The van der Waals surface area contributed by atoms with Crippen LogP contribution in [0, 0.1) is 12.3 Å². The molecular weight excluding hydrogens is 302 g/mol. The third-order valence-electron chi connectivity index (χ3n) is 4.61. The maximum atomic E-state index is 10.3. The number of ether oxygens (including phenoxy) is 1. The summed E-state index contributed by atoms with van der Waals surface area (Å²) in [6.07, 6.45) is 10.2. The minimum atomic E-state index is -0.618. The van der Waals surface area contributed by atoms with E-state index in [0.717, 1.165) is 31.2 Å². The average Bonchev–Trinajstić information content (AvgIpc) is 2.62. The number of rotatable bonds is 9. The molecule has 132 valence electrons. The Bertz CT molecular complexity index is 505. The van der Waals surface area contributed by atoms with E-state index in [9.17, 15) is 10.2 Å². The van der Waals surface area contributed by atoms with E-state index in [2.05, 4.69) is 5.92 Å². The maximum absolute atomic E-state index is 10.3. The predicted octanol–water partition coefficient (Wildman–Crippen LogP) is 2.19. The number of aliphatic hydroxyl groups is 2. The fourth-order valence-corrected chi connectivity index (χ4v) is 3.28. The molecule has 4 heteroatoms. The van der Waals surface area contributed by atoms with Crippen molar-refractivity contribution in [2.75, 3.05) is 26.3 Å². The van der Waals surface area contributed by atoms with Gasteiger partial charge >= 0.3 is 0 Å². The number of aliphatic hydroxyl groups excluding tert-OH is 2. The van der Waals surface area contributed by atoms with Crippen molar-refractivity contribution in [1.82, 2.24) is 4.90 Å². The van der Waals surface area contributed by atoms with Crippen molar-refractivity contribution in [2.45, 2.75) is 50.4 Å². The molecule has 1 fully saturated rings. The molecule has 1 atom stereocenters. The second kappa shape index (κ2) is 9.80. The van der Waals surface area contributed by atoms with Crippen molar-refractivity contribution in [2.24, 2.45) is 0 Å². The van der Waals surface area contributed by atoms with E-state index in [4.69, 9.17) is 11.2 Å². The molecule has 0 bridgehead atoms. The molecule has 0 heterocycles. The van der Waals surface area contributed by atoms with Crippen molar-refractivity contribution < 1.29 is 14.9 Å². The number of hydrogen-bond acceptors (Lipinski definition) is 4. The predicted molar refractivity (Wildman–Crippen MR) is 95.4 cm³/mol. The van der Waals surface area contributed by atoms with Gasteiger partial charge in [-0.05, 0) is 31.2 Å². The lowest BCUT2D eigenvalue weighted by Crippen LogP contribution is -2.40. The summed E-state index contributed by atoms with van der Waals surface area (Å²) in [5.41, 5.74) is 0.659. The molecule has 1 unspecified atom stereocenters. The average molecular weight is 331 g/mol. The summed E-state index contributed by atoms with van der Waals surface area (Å²) >= 11 is 0. The summed E-state index contributed by atoms with van der Waals surface area (Å²) in [5.74, 6) is 2.80. The van der Waals surface area contributed by atoms with Crippen LogP contribution in [0.5, 0.6) is 0 Å². The fraction of sp³-hybridized carbons (Fsp3) is 0.600. The molecule has 2 N–H and O–H groups in total. The van der Waals surface area contributed by atoms with Crippen LogP contribution in [0.15, 0.2) is 30.3 Å². The van der Waals surface area contributed by atoms with Gasteiger partial charge in [-0.25, -0.2) is 0 Å². The van der Waals surface area contributed by atoms with Gasteiger partial charge in [0.1, 0.15) is 5.60 Å². The molecule has 0 aliphatic heterocycles. The summed E-state index contributed by atoms with van der Waals surface area (Å²) in [5, 5.41) is 19.6. The highest BCUT2D eigenvalue weighted by atomic mass is 16.5. The van der Waals surface area contributed by atoms with Crippen LogP contribution in [-0.2, 0) is 11.3 Å². The van der Waals surface area contributed by atoms with Gasteiger partial charge in [-0.15, -0.1) is 6.42 Å². The Morgan fingerprint density at radius 2 is 1.92 bits per heavy atom. The Morgan fingerprint density at radius 1 is 1.21 bits per heavy atom. The minimum absolute atomic E-state index is 0.0642. The lowest BCUT2D eigenvalue weighted by atomic mass is 9.85. The third-order valence-corrected chi connectivity index (χ3v) is 4.61. The second-order valence-corrected chi connectivity index (χ2v) is 6.61. The summed E-state index contributed by atoms with van der Waals surface area (Å²) in [6, 6.07) is 10.1. The number of terminal acetylenes is 1. The van der Waals surface area contributed by atoms with Crippen molar-refractivity contribution in [1.29, 1.82) is 0 Å². The SMILES string of the molecule is C#CC1(OCC(O)CN(CCO)Cc2ccccc2)CCCCC1. The highest BCUT2D eigenvalue weighted by molar-refractivity contribution is 5.14. The van der Waals surface area contributed by atoms with Gasteiger partial charge in [-0.1, -0.05) is 42.7 Å². The largest absolute Gasteiger partial charge is 0.395 e. The fourth-order valence-electron chi connectivity index (χ4n) is 3.28. The Morgan fingerprint density at radius 3 is 2.54 bits per heavy atom. The van der Waals surface area contributed by atoms with E-state index in [1.54, 1.807) is 0 Å². The Labute approximate surface area is 145 Å². The van der Waals surface area contributed by atoms with Gasteiger partial charge in [-0.2, -0.15) is 0 Å². The number of nitrogens with zero attached hydrogens (tertiary/aromatic N) is 1. The standard InChI is InChI=1S/C20H29NO3/c1-2-20(11-7-4-8-12-20)24-17-19(23)16-21(13-14-22)15-18-9-5-3-6-10-18/h1,3,5-6,9-10,19,22-23H,4,7-8,11-17H2. The van der Waals surface area contributed by atoms with Crippen LogP contribution in [0.1, 0.15) is 37.7 Å². The molecule has 1 aliphatic rings. The first-order valence-corrected chi connectivity index (χ1v) is 8.84. The van der Waals surface area contributed by atoms with E-state index < -0.39 is 11.7 Å². The molecule has 0 radical (unpaired) electrons. The van der Waals surface area contributed by atoms with Gasteiger partial charge < -0.3 is 14.9 Å². The van der Waals surface area contributed by atoms with E-state index in [0.29, 0.717) is 19.6 Å². The zero-order chi connectivity index (χ0) is 17.3. The summed E-state index contributed by atoms with van der Waals surface area (Å²) < 4.78 is 5.94. The number of benzene rings is 1. The topological polar surface area (TPSA) is 52.9 Å². The maximum Gasteiger partial charge on any atom is 0.128 e. The Hall–Kier alpha value is -1.38. The van der Waals surface area contributed by atoms with Crippen LogP contribution in [0.3, 0.4) is 0 Å². The van der Waals surface area contributed by atoms with Crippen LogP contribution in [0.4, 0.5) is 0 Å². The van der Waals surface area contributed by atoms with Gasteiger partial charge in [0.2, 0.25) is 0 Å². The zero-order valence-electron chi connectivity index (χ0n) is 14.4. The first-order valence-electron chi connectivity index (χ1n) is 8.84. The molecule has 0 spiro atoms. The molecule has 1 aromatic rings. The second-order valence-electron chi connectivity index (χ2n) is 6.61. The first-order chi connectivity index (χ1) is 11.7. The number of hydrogen-bond donors (Lipinski definition) is 2. The molecule has 2 rings (SSSR count).